The van der Waals surface area contributed by atoms with E-state index in [9.17, 15) is 14.4 Å². The summed E-state index contributed by atoms with van der Waals surface area (Å²) in [4.78, 5) is 34.9. The van der Waals surface area contributed by atoms with Gasteiger partial charge in [0, 0.05) is 12.6 Å². The zero-order valence-electron chi connectivity index (χ0n) is 8.96. The fraction of sp³-hybridized carbons (Fsp3) is 0.364. The smallest absolute Gasteiger partial charge is 0.335 e. The molecule has 1 aromatic heterocycles. The molecule has 0 radical (unpaired) electrons. The molecule has 0 spiro atoms. The fourth-order valence-corrected chi connectivity index (χ4v) is 1.91. The number of carboxylic acid groups (broad SMARTS) is 1. The van der Waals surface area contributed by atoms with Crippen LogP contribution in [0, 0.1) is 0 Å². The highest BCUT2D eigenvalue weighted by Crippen LogP contribution is 2.19. The largest absolute Gasteiger partial charge is 0.480 e. The summed E-state index contributed by atoms with van der Waals surface area (Å²) in [6, 6.07) is 1.69. The number of hydrogen-bond donors (Lipinski definition) is 1. The van der Waals surface area contributed by atoms with Gasteiger partial charge >= 0.3 is 11.6 Å². The molecule has 1 amide bonds. The number of carbonyl (C=O) groups is 2. The third-order valence-electron chi connectivity index (χ3n) is 2.75. The van der Waals surface area contributed by atoms with Gasteiger partial charge in [-0.2, -0.15) is 0 Å². The van der Waals surface area contributed by atoms with Gasteiger partial charge in [-0.05, 0) is 18.9 Å². The van der Waals surface area contributed by atoms with Crippen molar-refractivity contribution in [3.05, 3.63) is 34.4 Å². The minimum absolute atomic E-state index is 0.192. The molecule has 1 atom stereocenters. The average molecular weight is 237 g/mol. The minimum Gasteiger partial charge on any atom is -0.480 e. The molecule has 6 nitrogen and oxygen atoms in total. The molecule has 2 heterocycles. The van der Waals surface area contributed by atoms with Crippen molar-refractivity contribution in [2.75, 3.05) is 6.54 Å². The van der Waals surface area contributed by atoms with Crippen molar-refractivity contribution in [2.24, 2.45) is 0 Å². The van der Waals surface area contributed by atoms with Crippen molar-refractivity contribution < 1.29 is 19.1 Å². The van der Waals surface area contributed by atoms with E-state index in [4.69, 9.17) is 5.11 Å². The fourth-order valence-electron chi connectivity index (χ4n) is 1.91. The summed E-state index contributed by atoms with van der Waals surface area (Å²) in [5.41, 5.74) is -0.351. The Morgan fingerprint density at radius 1 is 1.41 bits per heavy atom. The topological polar surface area (TPSA) is 87.8 Å². The van der Waals surface area contributed by atoms with Crippen molar-refractivity contribution in [1.82, 2.24) is 4.90 Å². The summed E-state index contributed by atoms with van der Waals surface area (Å²) >= 11 is 0. The summed E-state index contributed by atoms with van der Waals surface area (Å²) in [5, 5.41) is 8.96. The first-order valence-corrected chi connectivity index (χ1v) is 5.22. The van der Waals surface area contributed by atoms with Crippen molar-refractivity contribution in [3.63, 3.8) is 0 Å². The summed E-state index contributed by atoms with van der Waals surface area (Å²) in [5.74, 6) is -1.42. The molecule has 17 heavy (non-hydrogen) atoms. The van der Waals surface area contributed by atoms with Crippen LogP contribution in [-0.4, -0.2) is 34.5 Å². The second kappa shape index (κ2) is 4.40. The lowest BCUT2D eigenvalue weighted by Crippen LogP contribution is -2.40. The first kappa shape index (κ1) is 11.4. The quantitative estimate of drug-likeness (QED) is 0.800. The number of amides is 1. The lowest BCUT2D eigenvalue weighted by atomic mass is 10.2. The van der Waals surface area contributed by atoms with E-state index in [0.29, 0.717) is 19.4 Å². The van der Waals surface area contributed by atoms with Crippen LogP contribution in [0.5, 0.6) is 0 Å². The molecule has 6 heteroatoms. The van der Waals surface area contributed by atoms with Gasteiger partial charge in [0.25, 0.3) is 5.91 Å². The van der Waals surface area contributed by atoms with Crippen LogP contribution in [0.2, 0.25) is 0 Å². The van der Waals surface area contributed by atoms with Crippen LogP contribution in [0.25, 0.3) is 0 Å². The second-order valence-electron chi connectivity index (χ2n) is 3.84. The van der Waals surface area contributed by atoms with E-state index in [0.717, 1.165) is 12.3 Å². The molecule has 1 aliphatic rings. The number of hydrogen-bond acceptors (Lipinski definition) is 4. The highest BCUT2D eigenvalue weighted by molar-refractivity contribution is 5.96. The SMILES string of the molecule is O=C(O)[C@@H]1CCCN1C(=O)c1ccc(=O)oc1. The molecule has 2 rings (SSSR count). The summed E-state index contributed by atoms with van der Waals surface area (Å²) in [7, 11) is 0. The van der Waals surface area contributed by atoms with Gasteiger partial charge < -0.3 is 14.4 Å². The number of carbonyl (C=O) groups excluding carboxylic acids is 1. The third kappa shape index (κ3) is 2.20. The van der Waals surface area contributed by atoms with Crippen molar-refractivity contribution >= 4 is 11.9 Å². The average Bonchev–Trinajstić information content (AvgIpc) is 2.78. The van der Waals surface area contributed by atoms with Crippen LogP contribution >= 0.6 is 0 Å². The second-order valence-corrected chi connectivity index (χ2v) is 3.84. The van der Waals surface area contributed by atoms with Crippen LogP contribution in [0.1, 0.15) is 23.2 Å². The molecule has 1 aromatic rings. The van der Waals surface area contributed by atoms with E-state index in [1.807, 2.05) is 0 Å². The molecule has 0 bridgehead atoms. The third-order valence-corrected chi connectivity index (χ3v) is 2.75. The Labute approximate surface area is 96.5 Å². The van der Waals surface area contributed by atoms with Crippen molar-refractivity contribution in [2.45, 2.75) is 18.9 Å². The maximum absolute atomic E-state index is 12.0. The molecule has 1 saturated heterocycles. The zero-order valence-corrected chi connectivity index (χ0v) is 8.96. The zero-order chi connectivity index (χ0) is 12.4. The van der Waals surface area contributed by atoms with Crippen LogP contribution in [0.3, 0.4) is 0 Å². The number of aliphatic carboxylic acids is 1. The number of likely N-dealkylation sites (tertiary alicyclic amines) is 1. The Morgan fingerprint density at radius 3 is 2.76 bits per heavy atom. The number of carboxylic acids is 1. The van der Waals surface area contributed by atoms with Gasteiger partial charge in [-0.25, -0.2) is 9.59 Å². The predicted molar refractivity (Wildman–Crippen MR) is 56.7 cm³/mol. The molecule has 1 fully saturated rings. The van der Waals surface area contributed by atoms with Gasteiger partial charge in [0.15, 0.2) is 0 Å². The molecule has 90 valence electrons. The number of nitrogens with zero attached hydrogens (tertiary/aromatic N) is 1. The standard InChI is InChI=1S/C11H11NO5/c13-9-4-3-7(6-17-9)10(14)12-5-1-2-8(12)11(15)16/h3-4,6,8H,1-2,5H2,(H,15,16)/t8-/m0/s1. The van der Waals surface area contributed by atoms with Gasteiger partial charge in [0.1, 0.15) is 12.3 Å². The van der Waals surface area contributed by atoms with Crippen molar-refractivity contribution in [1.29, 1.82) is 0 Å². The van der Waals surface area contributed by atoms with Gasteiger partial charge in [0.05, 0.1) is 5.56 Å². The lowest BCUT2D eigenvalue weighted by molar-refractivity contribution is -0.141. The molecular formula is C11H11NO5. The molecule has 1 aliphatic heterocycles. The lowest BCUT2D eigenvalue weighted by Gasteiger charge is -2.20. The molecule has 0 aliphatic carbocycles. The predicted octanol–water partition coefficient (Wildman–Crippen LogP) is 0.329. The van der Waals surface area contributed by atoms with E-state index in [1.165, 1.54) is 11.0 Å². The first-order valence-electron chi connectivity index (χ1n) is 5.22. The molecular weight excluding hydrogens is 226 g/mol. The van der Waals surface area contributed by atoms with E-state index in [2.05, 4.69) is 4.42 Å². The maximum Gasteiger partial charge on any atom is 0.335 e. The van der Waals surface area contributed by atoms with Crippen LogP contribution in [-0.2, 0) is 4.79 Å². The van der Waals surface area contributed by atoms with Crippen LogP contribution in [0.15, 0.2) is 27.6 Å². The minimum atomic E-state index is -1.01. The Kier molecular flexibility index (Phi) is 2.95. The van der Waals surface area contributed by atoms with E-state index < -0.39 is 23.5 Å². The highest BCUT2D eigenvalue weighted by Gasteiger charge is 2.34. The van der Waals surface area contributed by atoms with E-state index >= 15 is 0 Å². The molecule has 0 aromatic carbocycles. The molecule has 0 unspecified atom stereocenters. The maximum atomic E-state index is 12.0. The van der Waals surface area contributed by atoms with Crippen LogP contribution < -0.4 is 5.63 Å². The molecule has 0 saturated carbocycles. The van der Waals surface area contributed by atoms with Gasteiger partial charge in [-0.1, -0.05) is 0 Å². The summed E-state index contributed by atoms with van der Waals surface area (Å²) in [6.07, 6.45) is 2.18. The Balaban J connectivity index is 2.22. The normalized spacial score (nSPS) is 19.3. The van der Waals surface area contributed by atoms with E-state index in [-0.39, 0.29) is 5.56 Å². The highest BCUT2D eigenvalue weighted by atomic mass is 16.4. The van der Waals surface area contributed by atoms with Gasteiger partial charge in [0.2, 0.25) is 0 Å². The molecule has 1 N–H and O–H groups in total. The number of rotatable bonds is 2. The van der Waals surface area contributed by atoms with Crippen molar-refractivity contribution in [3.8, 4) is 0 Å². The Hall–Kier alpha value is -2.11. The Bertz CT molecular complexity index is 486. The monoisotopic (exact) mass is 237 g/mol. The summed E-state index contributed by atoms with van der Waals surface area (Å²) in [6.45, 7) is 0.412. The summed E-state index contributed by atoms with van der Waals surface area (Å²) < 4.78 is 4.58. The first-order chi connectivity index (χ1) is 8.09. The van der Waals surface area contributed by atoms with Crippen LogP contribution in [0.4, 0.5) is 0 Å². The van der Waals surface area contributed by atoms with Gasteiger partial charge in [-0.3, -0.25) is 4.79 Å². The van der Waals surface area contributed by atoms with E-state index in [1.54, 1.807) is 0 Å². The van der Waals surface area contributed by atoms with Gasteiger partial charge in [-0.15, -0.1) is 0 Å². The Morgan fingerprint density at radius 2 is 2.18 bits per heavy atom.